The maximum absolute atomic E-state index is 12.6. The smallest absolute Gasteiger partial charge is 0.344 e. The van der Waals surface area contributed by atoms with Gasteiger partial charge in [-0.05, 0) is 32.9 Å². The fraction of sp³-hybridized carbons (Fsp3) is 0.286. The van der Waals surface area contributed by atoms with Crippen LogP contribution in [0.4, 0.5) is 5.88 Å². The predicted molar refractivity (Wildman–Crippen MR) is 106 cm³/mol. The molecule has 0 saturated heterocycles. The number of aryl methyl sites for hydroxylation is 1. The molecule has 0 unspecified atom stereocenters. The van der Waals surface area contributed by atoms with Crippen LogP contribution in [0.5, 0.6) is 0 Å². The van der Waals surface area contributed by atoms with Gasteiger partial charge in [0.2, 0.25) is 11.8 Å². The molecule has 3 rings (SSSR count). The summed E-state index contributed by atoms with van der Waals surface area (Å²) in [6.45, 7) is 4.08. The zero-order valence-electron chi connectivity index (χ0n) is 17.1. The topological polar surface area (TPSA) is 132 Å². The van der Waals surface area contributed by atoms with Gasteiger partial charge in [0, 0.05) is 0 Å². The molecule has 1 aliphatic heterocycles. The molecule has 0 aliphatic carbocycles. The first-order chi connectivity index (χ1) is 14.8. The molecule has 0 atom stereocenters. The first kappa shape index (κ1) is 21.8. The quantitative estimate of drug-likeness (QED) is 0.524. The van der Waals surface area contributed by atoms with Crippen LogP contribution in [0.2, 0.25) is 0 Å². The molecule has 2 heterocycles. The van der Waals surface area contributed by atoms with Crippen LogP contribution in [0.15, 0.2) is 28.7 Å². The molecule has 1 N–H and O–H groups in total. The molecular weight excluding hydrogens is 408 g/mol. The van der Waals surface area contributed by atoms with Gasteiger partial charge < -0.3 is 13.9 Å². The maximum Gasteiger partial charge on any atom is 0.344 e. The molecule has 0 saturated carbocycles. The van der Waals surface area contributed by atoms with Crippen molar-refractivity contribution < 1.29 is 37.9 Å². The third-order valence-electron chi connectivity index (χ3n) is 4.48. The Morgan fingerprint density at radius 3 is 1.97 bits per heavy atom. The highest BCUT2D eigenvalue weighted by Gasteiger charge is 2.37. The number of hydrogen-bond donors (Lipinski definition) is 1. The summed E-state index contributed by atoms with van der Waals surface area (Å²) < 4.78 is 15.3. The summed E-state index contributed by atoms with van der Waals surface area (Å²) in [6, 6.07) is 6.21. The van der Waals surface area contributed by atoms with E-state index in [1.165, 1.54) is 19.1 Å². The number of imide groups is 1. The van der Waals surface area contributed by atoms with E-state index < -0.39 is 36.2 Å². The number of hydrogen-bond acceptors (Lipinski definition) is 8. The zero-order chi connectivity index (χ0) is 22.7. The van der Waals surface area contributed by atoms with Gasteiger partial charge in [0.25, 0.3) is 11.8 Å². The van der Waals surface area contributed by atoms with Gasteiger partial charge in [0.15, 0.2) is 0 Å². The van der Waals surface area contributed by atoms with Crippen molar-refractivity contribution >= 4 is 35.5 Å². The normalized spacial score (nSPS) is 12.5. The molecule has 1 aliphatic rings. The number of fused-ring (bicyclic) bond motifs is 1. The SMILES string of the molecule is CCOC(=O)c1c(C)oc(NC(=O)CN2C(=O)c3ccccc3C2=O)c1C(=O)OCC. The number of carbonyl (C=O) groups is 5. The third-order valence-corrected chi connectivity index (χ3v) is 4.48. The van der Waals surface area contributed by atoms with Crippen LogP contribution in [-0.4, -0.2) is 54.3 Å². The lowest BCUT2D eigenvalue weighted by atomic mass is 10.1. The number of amides is 3. The van der Waals surface area contributed by atoms with Crippen molar-refractivity contribution in [3.63, 3.8) is 0 Å². The summed E-state index contributed by atoms with van der Waals surface area (Å²) in [5, 5.41) is 2.34. The number of rotatable bonds is 7. The summed E-state index contributed by atoms with van der Waals surface area (Å²) in [4.78, 5) is 63.0. The monoisotopic (exact) mass is 428 g/mol. The minimum Gasteiger partial charge on any atom is -0.462 e. The first-order valence-electron chi connectivity index (χ1n) is 9.52. The Kier molecular flexibility index (Phi) is 6.19. The zero-order valence-corrected chi connectivity index (χ0v) is 17.1. The van der Waals surface area contributed by atoms with Crippen molar-refractivity contribution in [2.75, 3.05) is 25.1 Å². The minimum atomic E-state index is -0.890. The van der Waals surface area contributed by atoms with Gasteiger partial charge in [-0.25, -0.2) is 9.59 Å². The van der Waals surface area contributed by atoms with Gasteiger partial charge in [-0.2, -0.15) is 0 Å². The molecular formula is C21H20N2O8. The third kappa shape index (κ3) is 4.04. The number of anilines is 1. The molecule has 0 bridgehead atoms. The highest BCUT2D eigenvalue weighted by Crippen LogP contribution is 2.29. The van der Waals surface area contributed by atoms with Crippen LogP contribution >= 0.6 is 0 Å². The number of benzene rings is 1. The van der Waals surface area contributed by atoms with E-state index in [9.17, 15) is 24.0 Å². The maximum atomic E-state index is 12.6. The van der Waals surface area contributed by atoms with E-state index in [1.54, 1.807) is 26.0 Å². The Balaban J connectivity index is 1.85. The molecule has 31 heavy (non-hydrogen) atoms. The van der Waals surface area contributed by atoms with Crippen LogP contribution in [0.1, 0.15) is 61.0 Å². The molecule has 1 aromatic carbocycles. The Morgan fingerprint density at radius 1 is 0.935 bits per heavy atom. The van der Waals surface area contributed by atoms with Gasteiger partial charge in [-0.1, -0.05) is 12.1 Å². The van der Waals surface area contributed by atoms with Crippen molar-refractivity contribution in [3.05, 3.63) is 52.3 Å². The van der Waals surface area contributed by atoms with Crippen molar-refractivity contribution in [2.24, 2.45) is 0 Å². The fourth-order valence-electron chi connectivity index (χ4n) is 3.17. The van der Waals surface area contributed by atoms with E-state index in [-0.39, 0.29) is 47.1 Å². The molecule has 2 aromatic rings. The standard InChI is InChI=1S/C21H20N2O8/c1-4-29-20(27)15-11(3)31-17(16(15)21(28)30-5-2)22-14(24)10-23-18(25)12-8-6-7-9-13(12)19(23)26/h6-9H,4-5,10H2,1-3H3,(H,22,24). The highest BCUT2D eigenvalue weighted by atomic mass is 16.5. The molecule has 10 heteroatoms. The van der Waals surface area contributed by atoms with Gasteiger partial charge in [0.1, 0.15) is 23.4 Å². The molecule has 3 amide bonds. The van der Waals surface area contributed by atoms with Crippen molar-refractivity contribution in [3.8, 4) is 0 Å². The number of nitrogens with zero attached hydrogens (tertiary/aromatic N) is 1. The van der Waals surface area contributed by atoms with Gasteiger partial charge >= 0.3 is 11.9 Å². The number of nitrogens with one attached hydrogen (secondary N) is 1. The average Bonchev–Trinajstić information content (AvgIpc) is 3.18. The average molecular weight is 428 g/mol. The highest BCUT2D eigenvalue weighted by molar-refractivity contribution is 6.22. The van der Waals surface area contributed by atoms with Crippen LogP contribution in [0, 0.1) is 6.92 Å². The van der Waals surface area contributed by atoms with Crippen LogP contribution in [0.25, 0.3) is 0 Å². The summed E-state index contributed by atoms with van der Waals surface area (Å²) in [6.07, 6.45) is 0. The van der Waals surface area contributed by atoms with Gasteiger partial charge in [0.05, 0.1) is 24.3 Å². The lowest BCUT2D eigenvalue weighted by Gasteiger charge is -2.13. The molecule has 0 radical (unpaired) electrons. The van der Waals surface area contributed by atoms with E-state index in [2.05, 4.69) is 5.32 Å². The Bertz CT molecular complexity index is 1050. The van der Waals surface area contributed by atoms with E-state index in [1.807, 2.05) is 0 Å². The Labute approximate surface area is 177 Å². The predicted octanol–water partition coefficient (Wildman–Crippen LogP) is 2.18. The summed E-state index contributed by atoms with van der Waals surface area (Å²) in [5.41, 5.74) is -0.0678. The van der Waals surface area contributed by atoms with Gasteiger partial charge in [-0.15, -0.1) is 0 Å². The second kappa shape index (κ2) is 8.82. The second-order valence-electron chi connectivity index (χ2n) is 6.47. The van der Waals surface area contributed by atoms with Crippen LogP contribution in [0.3, 0.4) is 0 Å². The largest absolute Gasteiger partial charge is 0.462 e. The van der Waals surface area contributed by atoms with E-state index in [4.69, 9.17) is 13.9 Å². The van der Waals surface area contributed by atoms with E-state index in [0.717, 1.165) is 4.90 Å². The summed E-state index contributed by atoms with van der Waals surface area (Å²) in [7, 11) is 0. The number of carbonyl (C=O) groups excluding carboxylic acids is 5. The fourth-order valence-corrected chi connectivity index (χ4v) is 3.17. The first-order valence-corrected chi connectivity index (χ1v) is 9.52. The molecule has 162 valence electrons. The van der Waals surface area contributed by atoms with E-state index in [0.29, 0.717) is 0 Å². The molecule has 10 nitrogen and oxygen atoms in total. The summed E-state index contributed by atoms with van der Waals surface area (Å²) in [5.74, 6) is -4.01. The molecule has 1 aromatic heterocycles. The van der Waals surface area contributed by atoms with Crippen molar-refractivity contribution in [2.45, 2.75) is 20.8 Å². The molecule has 0 spiro atoms. The van der Waals surface area contributed by atoms with Gasteiger partial charge in [-0.3, -0.25) is 24.6 Å². The second-order valence-corrected chi connectivity index (χ2v) is 6.47. The lowest BCUT2D eigenvalue weighted by Crippen LogP contribution is -2.37. The number of ether oxygens (including phenoxy) is 2. The Hall–Kier alpha value is -3.95. The number of esters is 2. The molecule has 0 fully saturated rings. The lowest BCUT2D eigenvalue weighted by molar-refractivity contribution is -0.116. The van der Waals surface area contributed by atoms with Crippen molar-refractivity contribution in [1.29, 1.82) is 0 Å². The Morgan fingerprint density at radius 2 is 1.45 bits per heavy atom. The van der Waals surface area contributed by atoms with E-state index >= 15 is 0 Å². The van der Waals surface area contributed by atoms with Crippen LogP contribution in [-0.2, 0) is 14.3 Å². The number of furan rings is 1. The van der Waals surface area contributed by atoms with Crippen LogP contribution < -0.4 is 5.32 Å². The summed E-state index contributed by atoms with van der Waals surface area (Å²) >= 11 is 0. The van der Waals surface area contributed by atoms with Crippen molar-refractivity contribution in [1.82, 2.24) is 4.90 Å². The minimum absolute atomic E-state index is 0.0216.